The van der Waals surface area contributed by atoms with E-state index in [-0.39, 0.29) is 5.34 Å². The van der Waals surface area contributed by atoms with Crippen LogP contribution in [0.5, 0.6) is 0 Å². The van der Waals surface area contributed by atoms with E-state index in [1.165, 1.54) is 6.08 Å². The van der Waals surface area contributed by atoms with Crippen molar-refractivity contribution in [2.24, 2.45) is 5.10 Å². The van der Waals surface area contributed by atoms with Gasteiger partial charge in [-0.05, 0) is 5.34 Å². The molecule has 1 radical (unpaired) electrons. The van der Waals surface area contributed by atoms with Crippen LogP contribution in [0.15, 0.2) is 11.2 Å². The van der Waals surface area contributed by atoms with E-state index in [0.717, 1.165) is 0 Å². The van der Waals surface area contributed by atoms with Crippen molar-refractivity contribution >= 4 is 5.84 Å². The number of halogens is 1. The summed E-state index contributed by atoms with van der Waals surface area (Å²) < 4.78 is 12.0. The van der Waals surface area contributed by atoms with Gasteiger partial charge < -0.3 is 5.32 Å². The number of hydrazine groups is 1. The van der Waals surface area contributed by atoms with Crippen molar-refractivity contribution in [2.75, 3.05) is 7.05 Å². The van der Waals surface area contributed by atoms with Gasteiger partial charge in [0.2, 0.25) is 0 Å². The molecule has 9 heavy (non-hydrogen) atoms. The number of rotatable bonds is 0. The predicted molar refractivity (Wildman–Crippen MR) is 30.4 cm³/mol. The van der Waals surface area contributed by atoms with Gasteiger partial charge in [-0.2, -0.15) is 0 Å². The topological polar surface area (TPSA) is 39.7 Å². The Kier molecular flexibility index (Phi) is 1.53. The molecule has 0 aromatic carbocycles. The van der Waals surface area contributed by atoms with Crippen LogP contribution >= 0.6 is 0 Å². The Morgan fingerprint density at radius 3 is 3.22 bits per heavy atom. The van der Waals surface area contributed by atoms with Crippen LogP contribution in [0.1, 0.15) is 0 Å². The van der Waals surface area contributed by atoms with Gasteiger partial charge in [0.25, 0.3) is 0 Å². The Labute approximate surface area is 51.9 Å². The quantitative estimate of drug-likeness (QED) is 0.435. The van der Waals surface area contributed by atoms with Crippen LogP contribution in [0.3, 0.4) is 0 Å². The lowest BCUT2D eigenvalue weighted by atomic mass is 10.5. The maximum Gasteiger partial charge on any atom is 0.152 e. The monoisotopic (exact) mass is 129 g/mol. The van der Waals surface area contributed by atoms with Crippen LogP contribution in [0.4, 0.5) is 4.48 Å². The SMILES string of the molecule is CNC1=NN(F)N[C]=C1. The van der Waals surface area contributed by atoms with E-state index in [1.54, 1.807) is 7.05 Å². The first-order valence-electron chi connectivity index (χ1n) is 2.39. The second kappa shape index (κ2) is 2.34. The van der Waals surface area contributed by atoms with Gasteiger partial charge in [-0.1, -0.05) is 4.48 Å². The molecule has 0 bridgehead atoms. The molecule has 0 spiro atoms. The molecule has 1 aliphatic rings. The molecule has 0 aromatic rings. The molecule has 0 unspecified atom stereocenters. The molecule has 0 atom stereocenters. The van der Waals surface area contributed by atoms with Gasteiger partial charge in [-0.25, -0.2) is 0 Å². The fraction of sp³-hybridized carbons (Fsp3) is 0.250. The first kappa shape index (κ1) is 5.87. The number of hydrogen-bond acceptors (Lipinski definition) is 4. The highest BCUT2D eigenvalue weighted by Crippen LogP contribution is 1.90. The Morgan fingerprint density at radius 2 is 2.78 bits per heavy atom. The van der Waals surface area contributed by atoms with Crippen LogP contribution in [-0.4, -0.2) is 18.2 Å². The third kappa shape index (κ3) is 1.31. The van der Waals surface area contributed by atoms with E-state index in [2.05, 4.69) is 22.0 Å². The van der Waals surface area contributed by atoms with E-state index in [9.17, 15) is 4.48 Å². The number of nitrogens with one attached hydrogen (secondary N) is 2. The second-order valence-corrected chi connectivity index (χ2v) is 1.40. The van der Waals surface area contributed by atoms with E-state index >= 15 is 0 Å². The van der Waals surface area contributed by atoms with Crippen LogP contribution in [0.2, 0.25) is 0 Å². The van der Waals surface area contributed by atoms with Gasteiger partial charge >= 0.3 is 0 Å². The molecular formula is C4H6FN4. The highest BCUT2D eigenvalue weighted by molar-refractivity contribution is 5.92. The molecule has 0 amide bonds. The third-order valence-electron chi connectivity index (χ3n) is 0.817. The average molecular weight is 129 g/mol. The normalized spacial score (nSPS) is 16.7. The summed E-state index contributed by atoms with van der Waals surface area (Å²) in [4.78, 5) is 0. The van der Waals surface area contributed by atoms with E-state index < -0.39 is 0 Å². The molecule has 1 heterocycles. The zero-order chi connectivity index (χ0) is 6.69. The summed E-state index contributed by atoms with van der Waals surface area (Å²) in [6.45, 7) is 0. The van der Waals surface area contributed by atoms with Gasteiger partial charge in [-0.3, -0.25) is 5.43 Å². The Balaban J connectivity index is 2.59. The van der Waals surface area contributed by atoms with Crippen LogP contribution in [-0.2, 0) is 0 Å². The summed E-state index contributed by atoms with van der Waals surface area (Å²) in [5.41, 5.74) is 2.08. The molecule has 0 aliphatic carbocycles. The number of hydrazone groups is 1. The minimum absolute atomic E-state index is 0.0752. The number of hydrogen-bond donors (Lipinski definition) is 2. The van der Waals surface area contributed by atoms with Crippen molar-refractivity contribution in [3.05, 3.63) is 12.3 Å². The lowest BCUT2D eigenvalue weighted by Crippen LogP contribution is -2.30. The van der Waals surface area contributed by atoms with Gasteiger partial charge in [0.15, 0.2) is 5.84 Å². The van der Waals surface area contributed by atoms with Crippen molar-refractivity contribution in [3.63, 3.8) is 0 Å². The first-order chi connectivity index (χ1) is 4.33. The molecule has 49 valence electrons. The van der Waals surface area contributed by atoms with E-state index in [4.69, 9.17) is 0 Å². The molecule has 0 saturated carbocycles. The molecule has 0 fully saturated rings. The molecule has 2 N–H and O–H groups in total. The lowest BCUT2D eigenvalue weighted by Gasteiger charge is -2.10. The maximum absolute atomic E-state index is 12.0. The number of likely N-dealkylation sites (N-methyl/N-ethyl adjacent to an activating group) is 1. The Bertz CT molecular complexity index is 153. The summed E-state index contributed by atoms with van der Waals surface area (Å²) in [5.74, 6) is 0.427. The van der Waals surface area contributed by atoms with E-state index in [1.807, 2.05) is 0 Å². The van der Waals surface area contributed by atoms with Gasteiger partial charge in [-0.15, -0.1) is 5.10 Å². The summed E-state index contributed by atoms with van der Waals surface area (Å²) in [6.07, 6.45) is 3.91. The first-order valence-corrected chi connectivity index (χ1v) is 2.39. The molecule has 1 rings (SSSR count). The highest BCUT2D eigenvalue weighted by atomic mass is 19.2. The molecule has 1 aliphatic heterocycles. The average Bonchev–Trinajstić information content (AvgIpc) is 1.88. The van der Waals surface area contributed by atoms with Crippen molar-refractivity contribution in [2.45, 2.75) is 0 Å². The summed E-state index contributed by atoms with van der Waals surface area (Å²) in [7, 11) is 1.65. The number of nitrogens with zero attached hydrogens (tertiary/aromatic N) is 2. The minimum Gasteiger partial charge on any atom is -0.372 e. The zero-order valence-electron chi connectivity index (χ0n) is 4.85. The highest BCUT2D eigenvalue weighted by Gasteiger charge is 2.01. The summed E-state index contributed by atoms with van der Waals surface area (Å²) in [6, 6.07) is 0. The van der Waals surface area contributed by atoms with Crippen molar-refractivity contribution in [3.8, 4) is 0 Å². The smallest absolute Gasteiger partial charge is 0.152 e. The second-order valence-electron chi connectivity index (χ2n) is 1.40. The third-order valence-corrected chi connectivity index (χ3v) is 0.817. The zero-order valence-corrected chi connectivity index (χ0v) is 4.85. The Hall–Kier alpha value is -1.26. The fourth-order valence-corrected chi connectivity index (χ4v) is 0.425. The maximum atomic E-state index is 12.0. The van der Waals surface area contributed by atoms with Crippen molar-refractivity contribution < 1.29 is 4.48 Å². The summed E-state index contributed by atoms with van der Waals surface area (Å²) >= 11 is 0. The van der Waals surface area contributed by atoms with Crippen molar-refractivity contribution in [1.82, 2.24) is 16.1 Å². The largest absolute Gasteiger partial charge is 0.372 e. The van der Waals surface area contributed by atoms with E-state index in [0.29, 0.717) is 5.84 Å². The lowest BCUT2D eigenvalue weighted by molar-refractivity contribution is -0.0174. The van der Waals surface area contributed by atoms with Gasteiger partial charge in [0.05, 0.1) is 6.20 Å². The minimum atomic E-state index is 0.0752. The molecule has 5 heteroatoms. The molecule has 0 saturated heterocycles. The van der Waals surface area contributed by atoms with Crippen LogP contribution < -0.4 is 10.7 Å². The summed E-state index contributed by atoms with van der Waals surface area (Å²) in [5, 5.41) is 6.06. The van der Waals surface area contributed by atoms with Gasteiger partial charge in [0.1, 0.15) is 0 Å². The fourth-order valence-electron chi connectivity index (χ4n) is 0.425. The standard InChI is InChI=1S/C4H6FN4/c1-6-4-2-3-7-9(5)8-4/h2,7H,1H3,(H,6,8). The van der Waals surface area contributed by atoms with Crippen LogP contribution in [0, 0.1) is 6.20 Å². The molecule has 4 nitrogen and oxygen atoms in total. The van der Waals surface area contributed by atoms with Crippen molar-refractivity contribution in [1.29, 1.82) is 0 Å². The predicted octanol–water partition coefficient (Wildman–Crippen LogP) is -0.459. The Morgan fingerprint density at radius 1 is 2.00 bits per heavy atom. The number of amidine groups is 1. The molecular weight excluding hydrogens is 123 g/mol. The van der Waals surface area contributed by atoms with Gasteiger partial charge in [0, 0.05) is 13.1 Å². The molecule has 0 aromatic heterocycles. The van der Waals surface area contributed by atoms with Crippen LogP contribution in [0.25, 0.3) is 0 Å².